The Morgan fingerprint density at radius 1 is 1.10 bits per heavy atom. The first kappa shape index (κ1) is 19.3. The lowest BCUT2D eigenvalue weighted by Gasteiger charge is -2.21. The molecule has 1 aliphatic heterocycles. The number of ketones is 1. The van der Waals surface area contributed by atoms with Crippen molar-refractivity contribution in [1.29, 1.82) is 0 Å². The summed E-state index contributed by atoms with van der Waals surface area (Å²) < 4.78 is 28.4. The lowest BCUT2D eigenvalue weighted by Crippen LogP contribution is -2.40. The van der Waals surface area contributed by atoms with Gasteiger partial charge in [0.05, 0.1) is 11.8 Å². The van der Waals surface area contributed by atoms with E-state index in [9.17, 15) is 18.0 Å². The number of rotatable bonds is 4. The molecular formula is C19H21N5O4S. The van der Waals surface area contributed by atoms with Gasteiger partial charge in [-0.2, -0.15) is 9.40 Å². The number of hydrogen-bond acceptors (Lipinski definition) is 5. The number of benzene rings is 1. The third-order valence-corrected chi connectivity index (χ3v) is 6.94. The number of aromatic amines is 1. The second kappa shape index (κ2) is 7.45. The molecule has 0 spiro atoms. The summed E-state index contributed by atoms with van der Waals surface area (Å²) in [5.74, 6) is -1.21. The number of nitrogens with zero attached hydrogens (tertiary/aromatic N) is 4. The van der Waals surface area contributed by atoms with E-state index in [-0.39, 0.29) is 24.5 Å². The maximum absolute atomic E-state index is 12.8. The number of nitrogens with one attached hydrogen (secondary N) is 1. The van der Waals surface area contributed by atoms with E-state index in [0.29, 0.717) is 23.9 Å². The van der Waals surface area contributed by atoms with Gasteiger partial charge in [-0.05, 0) is 12.5 Å². The maximum atomic E-state index is 12.8. The zero-order valence-corrected chi connectivity index (χ0v) is 16.7. The highest BCUT2D eigenvalue weighted by molar-refractivity contribution is 7.89. The first-order chi connectivity index (χ1) is 13.9. The van der Waals surface area contributed by atoms with E-state index >= 15 is 0 Å². The Kier molecular flexibility index (Phi) is 4.97. The van der Waals surface area contributed by atoms with Gasteiger partial charge in [-0.25, -0.2) is 8.42 Å². The number of sulfonamides is 1. The fourth-order valence-corrected chi connectivity index (χ4v) is 4.99. The summed E-state index contributed by atoms with van der Waals surface area (Å²) in [5.41, 5.74) is 1.11. The fourth-order valence-electron chi connectivity index (χ4n) is 3.54. The first-order valence-corrected chi connectivity index (χ1v) is 10.7. The van der Waals surface area contributed by atoms with Crippen molar-refractivity contribution < 1.29 is 18.0 Å². The third-order valence-electron chi connectivity index (χ3n) is 5.09. The van der Waals surface area contributed by atoms with Crippen LogP contribution in [0.25, 0.3) is 10.9 Å². The highest BCUT2D eigenvalue weighted by atomic mass is 32.2. The predicted molar refractivity (Wildman–Crippen MR) is 106 cm³/mol. The lowest BCUT2D eigenvalue weighted by atomic mass is 10.1. The van der Waals surface area contributed by atoms with E-state index in [0.717, 1.165) is 5.52 Å². The van der Waals surface area contributed by atoms with E-state index in [4.69, 9.17) is 0 Å². The number of H-pyrrole nitrogens is 1. The van der Waals surface area contributed by atoms with Crippen LogP contribution in [0.5, 0.6) is 0 Å². The molecule has 10 heteroatoms. The zero-order valence-electron chi connectivity index (χ0n) is 15.9. The second-order valence-electron chi connectivity index (χ2n) is 6.98. The highest BCUT2D eigenvalue weighted by Crippen LogP contribution is 2.20. The minimum absolute atomic E-state index is 0.120. The monoisotopic (exact) mass is 415 g/mol. The summed E-state index contributed by atoms with van der Waals surface area (Å²) in [7, 11) is -2.03. The summed E-state index contributed by atoms with van der Waals surface area (Å²) in [6.45, 7) is 0.894. The molecule has 4 rings (SSSR count). The number of Topliss-reactive ketones (excluding diaryl/α,β-unsaturated/α-hetero) is 1. The van der Waals surface area contributed by atoms with Gasteiger partial charge < -0.3 is 9.88 Å². The third kappa shape index (κ3) is 3.56. The largest absolute Gasteiger partial charge is 0.360 e. The molecule has 3 heterocycles. The molecule has 3 aromatic rings. The van der Waals surface area contributed by atoms with Gasteiger partial charge in [-0.1, -0.05) is 18.2 Å². The van der Waals surface area contributed by atoms with Crippen molar-refractivity contribution in [1.82, 2.24) is 24.0 Å². The number of aromatic nitrogens is 3. The minimum Gasteiger partial charge on any atom is -0.360 e. The Labute approximate surface area is 168 Å². The molecule has 9 nitrogen and oxygen atoms in total. The molecule has 1 N–H and O–H groups in total. The van der Waals surface area contributed by atoms with Gasteiger partial charge in [0.2, 0.25) is 10.0 Å². The molecule has 1 amide bonds. The Morgan fingerprint density at radius 3 is 2.66 bits per heavy atom. The van der Waals surface area contributed by atoms with Gasteiger partial charge in [0.25, 0.3) is 11.7 Å². The van der Waals surface area contributed by atoms with Crippen molar-refractivity contribution in [2.45, 2.75) is 11.3 Å². The SMILES string of the molecule is Cn1cc(S(=O)(=O)N2CCCN(C(=O)C(=O)c3c[nH]c4ccccc34)CC2)cn1. The number of amides is 1. The fraction of sp³-hybridized carbons (Fsp3) is 0.316. The van der Waals surface area contributed by atoms with Crippen LogP contribution < -0.4 is 0 Å². The topological polar surface area (TPSA) is 108 Å². The number of hydrogen-bond donors (Lipinski definition) is 1. The number of fused-ring (bicyclic) bond motifs is 1. The van der Waals surface area contributed by atoms with Crippen LogP contribution in [0.15, 0.2) is 47.8 Å². The van der Waals surface area contributed by atoms with Crippen molar-refractivity contribution in [2.24, 2.45) is 7.05 Å². The van der Waals surface area contributed by atoms with E-state index in [1.165, 1.54) is 26.3 Å². The molecule has 1 saturated heterocycles. The van der Waals surface area contributed by atoms with Crippen molar-refractivity contribution in [2.75, 3.05) is 26.2 Å². The smallest absolute Gasteiger partial charge is 0.295 e. The summed E-state index contributed by atoms with van der Waals surface area (Å²) in [6, 6.07) is 7.28. The van der Waals surface area contributed by atoms with E-state index in [1.807, 2.05) is 18.2 Å². The average molecular weight is 415 g/mol. The Hall–Kier alpha value is -2.98. The van der Waals surface area contributed by atoms with E-state index < -0.39 is 21.7 Å². The molecule has 1 aliphatic rings. The number of para-hydroxylation sites is 1. The van der Waals surface area contributed by atoms with Crippen LogP contribution in [-0.2, 0) is 21.9 Å². The van der Waals surface area contributed by atoms with E-state index in [2.05, 4.69) is 10.1 Å². The normalized spacial score (nSPS) is 16.1. The predicted octanol–water partition coefficient (Wildman–Crippen LogP) is 1.01. The van der Waals surface area contributed by atoms with Crippen LogP contribution in [0.2, 0.25) is 0 Å². The summed E-state index contributed by atoms with van der Waals surface area (Å²) >= 11 is 0. The maximum Gasteiger partial charge on any atom is 0.295 e. The van der Waals surface area contributed by atoms with Crippen LogP contribution in [0.3, 0.4) is 0 Å². The quantitative estimate of drug-likeness (QED) is 0.505. The average Bonchev–Trinajstić information content (AvgIpc) is 3.26. The van der Waals surface area contributed by atoms with Crippen molar-refractivity contribution in [3.8, 4) is 0 Å². The van der Waals surface area contributed by atoms with Gasteiger partial charge in [0.15, 0.2) is 0 Å². The highest BCUT2D eigenvalue weighted by Gasteiger charge is 2.31. The number of aryl methyl sites for hydroxylation is 1. The molecule has 0 saturated carbocycles. The summed E-state index contributed by atoms with van der Waals surface area (Å²) in [6.07, 6.45) is 4.75. The molecule has 1 fully saturated rings. The molecule has 152 valence electrons. The van der Waals surface area contributed by atoms with Crippen LogP contribution in [0, 0.1) is 0 Å². The molecular weight excluding hydrogens is 394 g/mol. The number of carbonyl (C=O) groups is 2. The molecule has 0 atom stereocenters. The molecule has 2 aromatic heterocycles. The van der Waals surface area contributed by atoms with Crippen LogP contribution in [0.1, 0.15) is 16.8 Å². The molecule has 29 heavy (non-hydrogen) atoms. The van der Waals surface area contributed by atoms with Crippen LogP contribution in [-0.4, -0.2) is 70.3 Å². The van der Waals surface area contributed by atoms with E-state index in [1.54, 1.807) is 19.3 Å². The van der Waals surface area contributed by atoms with Crippen molar-refractivity contribution >= 4 is 32.6 Å². The zero-order chi connectivity index (χ0) is 20.6. The van der Waals surface area contributed by atoms with Gasteiger partial charge >= 0.3 is 0 Å². The minimum atomic E-state index is -3.68. The van der Waals surface area contributed by atoms with Gasteiger partial charge in [0.1, 0.15) is 4.90 Å². The Balaban J connectivity index is 1.49. The standard InChI is InChI=1S/C19H21N5O4S/c1-22-13-14(11-21-22)29(27,28)24-8-4-7-23(9-10-24)19(26)18(25)16-12-20-17-6-3-2-5-15(16)17/h2-3,5-6,11-13,20H,4,7-10H2,1H3. The lowest BCUT2D eigenvalue weighted by molar-refractivity contribution is -0.126. The second-order valence-corrected chi connectivity index (χ2v) is 8.91. The first-order valence-electron chi connectivity index (χ1n) is 9.26. The number of carbonyl (C=O) groups excluding carboxylic acids is 2. The van der Waals surface area contributed by atoms with Crippen molar-refractivity contribution in [3.05, 3.63) is 48.4 Å². The Bertz CT molecular complexity index is 1180. The summed E-state index contributed by atoms with van der Waals surface area (Å²) in [5, 5.41) is 4.62. The molecule has 1 aromatic carbocycles. The molecule has 0 aliphatic carbocycles. The van der Waals surface area contributed by atoms with Gasteiger partial charge in [0, 0.05) is 56.5 Å². The molecule has 0 unspecified atom stereocenters. The van der Waals surface area contributed by atoms with Crippen LogP contribution >= 0.6 is 0 Å². The molecule has 0 bridgehead atoms. The van der Waals surface area contributed by atoms with Gasteiger partial charge in [-0.15, -0.1) is 0 Å². The molecule has 0 radical (unpaired) electrons. The van der Waals surface area contributed by atoms with Crippen LogP contribution in [0.4, 0.5) is 0 Å². The Morgan fingerprint density at radius 2 is 1.90 bits per heavy atom. The van der Waals surface area contributed by atoms with Gasteiger partial charge in [-0.3, -0.25) is 14.3 Å². The van der Waals surface area contributed by atoms with Crippen molar-refractivity contribution in [3.63, 3.8) is 0 Å². The summed E-state index contributed by atoms with van der Waals surface area (Å²) in [4.78, 5) is 30.1.